The van der Waals surface area contributed by atoms with Crippen LogP contribution in [0.25, 0.3) is 33.4 Å². The average molecular weight is 286 g/mol. The van der Waals surface area contributed by atoms with E-state index in [1.807, 2.05) is 49.5 Å². The normalized spacial score (nSPS) is 11.0. The van der Waals surface area contributed by atoms with Crippen molar-refractivity contribution in [2.75, 3.05) is 0 Å². The second-order valence-corrected chi connectivity index (χ2v) is 5.20. The first-order chi connectivity index (χ1) is 10.8. The molecule has 0 aliphatic carbocycles. The minimum Gasteiger partial charge on any atom is -0.276 e. The van der Waals surface area contributed by atoms with Gasteiger partial charge in [0, 0.05) is 22.8 Å². The third kappa shape index (κ3) is 2.05. The molecule has 4 heteroatoms. The number of rotatable bonds is 2. The second-order valence-electron chi connectivity index (χ2n) is 5.20. The number of H-pyrrole nitrogens is 1. The summed E-state index contributed by atoms with van der Waals surface area (Å²) in [7, 11) is 0. The molecule has 0 aliphatic heterocycles. The highest BCUT2D eigenvalue weighted by Gasteiger charge is 2.14. The minimum atomic E-state index is 0.883. The van der Waals surface area contributed by atoms with E-state index < -0.39 is 0 Å². The van der Waals surface area contributed by atoms with Crippen LogP contribution in [0, 0.1) is 6.92 Å². The number of hydrogen-bond donors (Lipinski definition) is 1. The smallest absolute Gasteiger partial charge is 0.0913 e. The van der Waals surface area contributed by atoms with Gasteiger partial charge < -0.3 is 0 Å². The molecule has 3 aromatic heterocycles. The standard InChI is InChI=1S/C18H14N4/c1-12-10-14(13-6-2-3-7-16(13)21-12)15-11-20-22-18(15)17-8-4-5-9-19-17/h2-11H,1H3,(H,20,22). The number of aromatic amines is 1. The second kappa shape index (κ2) is 5.07. The molecule has 0 bridgehead atoms. The highest BCUT2D eigenvalue weighted by molar-refractivity contribution is 5.97. The summed E-state index contributed by atoms with van der Waals surface area (Å²) >= 11 is 0. The molecule has 3 heterocycles. The fraction of sp³-hybridized carbons (Fsp3) is 0.0556. The maximum absolute atomic E-state index is 4.60. The molecule has 4 nitrogen and oxygen atoms in total. The lowest BCUT2D eigenvalue weighted by molar-refractivity contribution is 1.09. The Bertz CT molecular complexity index is 942. The molecule has 1 aromatic carbocycles. The Morgan fingerprint density at radius 1 is 0.955 bits per heavy atom. The van der Waals surface area contributed by atoms with Crippen molar-refractivity contribution in [3.63, 3.8) is 0 Å². The highest BCUT2D eigenvalue weighted by atomic mass is 15.1. The maximum atomic E-state index is 4.60. The van der Waals surface area contributed by atoms with E-state index >= 15 is 0 Å². The molecule has 0 aliphatic rings. The number of benzene rings is 1. The summed E-state index contributed by atoms with van der Waals surface area (Å²) in [6.45, 7) is 2.01. The summed E-state index contributed by atoms with van der Waals surface area (Å²) in [5.41, 5.74) is 5.95. The molecule has 0 spiro atoms. The van der Waals surface area contributed by atoms with Gasteiger partial charge in [-0.3, -0.25) is 15.1 Å². The van der Waals surface area contributed by atoms with Gasteiger partial charge >= 0.3 is 0 Å². The Labute approximate surface area is 127 Å². The number of para-hydroxylation sites is 1. The predicted molar refractivity (Wildman–Crippen MR) is 87.3 cm³/mol. The molecule has 1 N–H and O–H groups in total. The molecule has 0 radical (unpaired) electrons. The van der Waals surface area contributed by atoms with E-state index in [9.17, 15) is 0 Å². The quantitative estimate of drug-likeness (QED) is 0.606. The van der Waals surface area contributed by atoms with E-state index in [0.717, 1.165) is 39.1 Å². The SMILES string of the molecule is Cc1cc(-c2cn[nH]c2-c2ccccn2)c2ccccc2n1. The zero-order valence-electron chi connectivity index (χ0n) is 12.1. The first kappa shape index (κ1) is 12.7. The van der Waals surface area contributed by atoms with Gasteiger partial charge in [0.1, 0.15) is 0 Å². The van der Waals surface area contributed by atoms with Crippen LogP contribution in [0.5, 0.6) is 0 Å². The van der Waals surface area contributed by atoms with Crippen LogP contribution in [-0.2, 0) is 0 Å². The van der Waals surface area contributed by atoms with E-state index in [1.165, 1.54) is 0 Å². The van der Waals surface area contributed by atoms with Gasteiger partial charge in [0.25, 0.3) is 0 Å². The lowest BCUT2D eigenvalue weighted by Crippen LogP contribution is -1.90. The Hall–Kier alpha value is -3.01. The lowest BCUT2D eigenvalue weighted by Gasteiger charge is -2.08. The lowest BCUT2D eigenvalue weighted by atomic mass is 9.99. The van der Waals surface area contributed by atoms with Crippen LogP contribution < -0.4 is 0 Å². The maximum Gasteiger partial charge on any atom is 0.0913 e. The van der Waals surface area contributed by atoms with Crippen molar-refractivity contribution in [3.8, 4) is 22.5 Å². The fourth-order valence-electron chi connectivity index (χ4n) is 2.73. The van der Waals surface area contributed by atoms with Crippen molar-refractivity contribution in [2.24, 2.45) is 0 Å². The zero-order valence-corrected chi connectivity index (χ0v) is 12.1. The summed E-state index contributed by atoms with van der Waals surface area (Å²) in [6, 6.07) is 16.1. The number of hydrogen-bond acceptors (Lipinski definition) is 3. The van der Waals surface area contributed by atoms with Crippen molar-refractivity contribution < 1.29 is 0 Å². The Balaban J connectivity index is 2.00. The van der Waals surface area contributed by atoms with E-state index in [4.69, 9.17) is 0 Å². The van der Waals surface area contributed by atoms with Gasteiger partial charge in [0.2, 0.25) is 0 Å². The van der Waals surface area contributed by atoms with Crippen LogP contribution in [-0.4, -0.2) is 20.2 Å². The van der Waals surface area contributed by atoms with Crippen molar-refractivity contribution in [3.05, 3.63) is 66.6 Å². The van der Waals surface area contributed by atoms with E-state index in [-0.39, 0.29) is 0 Å². The van der Waals surface area contributed by atoms with Gasteiger partial charge in [-0.15, -0.1) is 0 Å². The molecule has 106 valence electrons. The van der Waals surface area contributed by atoms with Crippen LogP contribution >= 0.6 is 0 Å². The van der Waals surface area contributed by atoms with Crippen molar-refractivity contribution >= 4 is 10.9 Å². The average Bonchev–Trinajstić information content (AvgIpc) is 3.04. The van der Waals surface area contributed by atoms with Gasteiger partial charge in [0.05, 0.1) is 23.1 Å². The predicted octanol–water partition coefficient (Wildman–Crippen LogP) is 4.00. The molecular weight excluding hydrogens is 272 g/mol. The Morgan fingerprint density at radius 2 is 1.82 bits per heavy atom. The van der Waals surface area contributed by atoms with Crippen LogP contribution in [0.1, 0.15) is 5.69 Å². The zero-order chi connectivity index (χ0) is 14.9. The third-order valence-electron chi connectivity index (χ3n) is 3.69. The fourth-order valence-corrected chi connectivity index (χ4v) is 2.73. The van der Waals surface area contributed by atoms with Gasteiger partial charge in [-0.25, -0.2) is 0 Å². The molecule has 0 atom stereocenters. The molecule has 0 saturated carbocycles. The van der Waals surface area contributed by atoms with Gasteiger partial charge in [-0.2, -0.15) is 5.10 Å². The summed E-state index contributed by atoms with van der Waals surface area (Å²) in [4.78, 5) is 9.03. The van der Waals surface area contributed by atoms with Crippen molar-refractivity contribution in [1.82, 2.24) is 20.2 Å². The molecule has 0 fully saturated rings. The largest absolute Gasteiger partial charge is 0.276 e. The van der Waals surface area contributed by atoms with Crippen LogP contribution in [0.4, 0.5) is 0 Å². The number of nitrogens with one attached hydrogen (secondary N) is 1. The van der Waals surface area contributed by atoms with Crippen LogP contribution in [0.2, 0.25) is 0 Å². The highest BCUT2D eigenvalue weighted by Crippen LogP contribution is 2.33. The Kier molecular flexibility index (Phi) is 2.93. The van der Waals surface area contributed by atoms with Gasteiger partial charge in [0.15, 0.2) is 0 Å². The molecule has 0 amide bonds. The van der Waals surface area contributed by atoms with Gasteiger partial charge in [-0.05, 0) is 36.8 Å². The number of pyridine rings is 2. The molecule has 22 heavy (non-hydrogen) atoms. The summed E-state index contributed by atoms with van der Waals surface area (Å²) in [5.74, 6) is 0. The molecular formula is C18H14N4. The van der Waals surface area contributed by atoms with E-state index in [2.05, 4.69) is 32.3 Å². The number of aromatic nitrogens is 4. The summed E-state index contributed by atoms with van der Waals surface area (Å²) < 4.78 is 0. The topological polar surface area (TPSA) is 54.5 Å². The van der Waals surface area contributed by atoms with E-state index in [0.29, 0.717) is 0 Å². The first-order valence-electron chi connectivity index (χ1n) is 7.14. The summed E-state index contributed by atoms with van der Waals surface area (Å²) in [5, 5.41) is 8.42. The molecule has 0 unspecified atom stereocenters. The van der Waals surface area contributed by atoms with E-state index in [1.54, 1.807) is 6.20 Å². The summed E-state index contributed by atoms with van der Waals surface area (Å²) in [6.07, 6.45) is 3.64. The number of nitrogens with zero attached hydrogens (tertiary/aromatic N) is 3. The molecule has 4 aromatic rings. The van der Waals surface area contributed by atoms with Crippen molar-refractivity contribution in [1.29, 1.82) is 0 Å². The molecule has 4 rings (SSSR count). The number of aryl methyl sites for hydroxylation is 1. The monoisotopic (exact) mass is 286 g/mol. The Morgan fingerprint density at radius 3 is 2.68 bits per heavy atom. The minimum absolute atomic E-state index is 0.883. The van der Waals surface area contributed by atoms with Crippen LogP contribution in [0.15, 0.2) is 60.9 Å². The van der Waals surface area contributed by atoms with Gasteiger partial charge in [-0.1, -0.05) is 24.3 Å². The number of fused-ring (bicyclic) bond motifs is 1. The van der Waals surface area contributed by atoms with Crippen LogP contribution in [0.3, 0.4) is 0 Å². The van der Waals surface area contributed by atoms with Crippen molar-refractivity contribution in [2.45, 2.75) is 6.92 Å². The molecule has 0 saturated heterocycles. The first-order valence-corrected chi connectivity index (χ1v) is 7.14. The third-order valence-corrected chi connectivity index (χ3v) is 3.69.